The first-order valence-electron chi connectivity index (χ1n) is 9.59. The summed E-state index contributed by atoms with van der Waals surface area (Å²) in [4.78, 5) is 38.8. The molecule has 0 aromatic heterocycles. The zero-order valence-electron chi connectivity index (χ0n) is 15.8. The van der Waals surface area contributed by atoms with Crippen LogP contribution in [0.2, 0.25) is 0 Å². The molecule has 3 amide bonds. The van der Waals surface area contributed by atoms with E-state index in [-0.39, 0.29) is 23.8 Å². The summed E-state index contributed by atoms with van der Waals surface area (Å²) in [5, 5.41) is 7.46. The molecule has 0 radical (unpaired) electrons. The molecule has 2 aromatic carbocycles. The second-order valence-electron chi connectivity index (χ2n) is 8.20. The van der Waals surface area contributed by atoms with Crippen molar-refractivity contribution in [2.24, 2.45) is 11.8 Å². The number of nitrogens with one attached hydrogen (secondary N) is 2. The van der Waals surface area contributed by atoms with Gasteiger partial charge in [0, 0.05) is 12.0 Å². The molecule has 3 heterocycles. The number of anilines is 1. The van der Waals surface area contributed by atoms with Crippen molar-refractivity contribution in [3.63, 3.8) is 0 Å². The van der Waals surface area contributed by atoms with Crippen LogP contribution in [0.3, 0.4) is 0 Å². The Hall–Kier alpha value is -2.99. The lowest BCUT2D eigenvalue weighted by Crippen LogP contribution is -2.99. The lowest BCUT2D eigenvalue weighted by Gasteiger charge is -2.24. The summed E-state index contributed by atoms with van der Waals surface area (Å²) in [6.07, 6.45) is 0.623. The Balaban J connectivity index is 1.66. The van der Waals surface area contributed by atoms with Crippen molar-refractivity contribution >= 4 is 23.4 Å². The Labute approximate surface area is 162 Å². The molecule has 5 rings (SSSR count). The van der Waals surface area contributed by atoms with Crippen LogP contribution in [-0.2, 0) is 26.3 Å². The monoisotopic (exact) mass is 376 g/mol. The van der Waals surface area contributed by atoms with Gasteiger partial charge in [0.25, 0.3) is 5.91 Å². The van der Waals surface area contributed by atoms with E-state index >= 15 is 0 Å². The number of fused-ring (bicyclic) bond motifs is 4. The molecule has 2 aromatic rings. The molecule has 0 bridgehead atoms. The first-order chi connectivity index (χ1) is 13.4. The third kappa shape index (κ3) is 2.15. The molecule has 4 atom stereocenters. The Bertz CT molecular complexity index is 1030. The van der Waals surface area contributed by atoms with E-state index in [1.54, 1.807) is 0 Å². The summed E-state index contributed by atoms with van der Waals surface area (Å²) in [6.45, 7) is 3.94. The highest BCUT2D eigenvalue weighted by Crippen LogP contribution is 2.48. The van der Waals surface area contributed by atoms with Gasteiger partial charge in [0.1, 0.15) is 17.9 Å². The molecule has 0 saturated carbocycles. The highest BCUT2D eigenvalue weighted by molar-refractivity contribution is 6.14. The molecule has 6 heteroatoms. The molecular weight excluding hydrogens is 354 g/mol. The number of aryl methyl sites for hydroxylation is 2. The minimum absolute atomic E-state index is 0.184. The second kappa shape index (κ2) is 5.75. The number of benzene rings is 2. The fourth-order valence-corrected chi connectivity index (χ4v) is 5.42. The topological polar surface area (TPSA) is 91.9 Å². The minimum atomic E-state index is -1.09. The van der Waals surface area contributed by atoms with Gasteiger partial charge in [0.2, 0.25) is 17.4 Å². The number of quaternary nitrogens is 1. The lowest BCUT2D eigenvalue weighted by atomic mass is 9.75. The van der Waals surface area contributed by atoms with Crippen LogP contribution in [-0.4, -0.2) is 23.8 Å². The van der Waals surface area contributed by atoms with Crippen LogP contribution in [0.25, 0.3) is 0 Å². The first-order valence-corrected chi connectivity index (χ1v) is 9.59. The fourth-order valence-electron chi connectivity index (χ4n) is 5.42. The van der Waals surface area contributed by atoms with E-state index < -0.39 is 17.4 Å². The van der Waals surface area contributed by atoms with Gasteiger partial charge >= 0.3 is 0 Å². The summed E-state index contributed by atoms with van der Waals surface area (Å²) < 4.78 is 0. The van der Waals surface area contributed by atoms with Crippen molar-refractivity contribution in [1.82, 2.24) is 5.32 Å². The van der Waals surface area contributed by atoms with E-state index in [4.69, 9.17) is 0 Å². The Morgan fingerprint density at radius 2 is 1.75 bits per heavy atom. The molecule has 0 unspecified atom stereocenters. The highest BCUT2D eigenvalue weighted by atomic mass is 16.2. The Kier molecular flexibility index (Phi) is 3.52. The Morgan fingerprint density at radius 3 is 2.50 bits per heavy atom. The standard InChI is InChI=1S/C22H21N3O3/c1-11-8-12(2)18-14(9-11)22(21(28)23-18)17-16(19(26)24-20(17)27)15(25-22)10-13-6-4-3-5-7-13/h3-9,15-17,25H,10H2,1-2H3,(H,23,28)(H,24,26,27)/p+1/t15-,16-,17+,22-/m1/s1. The van der Waals surface area contributed by atoms with Crippen molar-refractivity contribution in [3.8, 4) is 0 Å². The van der Waals surface area contributed by atoms with Gasteiger partial charge in [0.05, 0.1) is 5.69 Å². The maximum absolute atomic E-state index is 13.3. The number of carbonyl (C=O) groups excluding carboxylic acids is 3. The minimum Gasteiger partial charge on any atom is -0.326 e. The number of rotatable bonds is 2. The van der Waals surface area contributed by atoms with E-state index in [9.17, 15) is 14.4 Å². The molecule has 3 aliphatic heterocycles. The van der Waals surface area contributed by atoms with Gasteiger partial charge in [-0.15, -0.1) is 0 Å². The van der Waals surface area contributed by atoms with Crippen molar-refractivity contribution in [1.29, 1.82) is 0 Å². The number of nitrogens with two attached hydrogens (primary N) is 1. The van der Waals surface area contributed by atoms with E-state index in [0.717, 1.165) is 27.9 Å². The molecule has 28 heavy (non-hydrogen) atoms. The zero-order valence-corrected chi connectivity index (χ0v) is 15.8. The summed E-state index contributed by atoms with van der Waals surface area (Å²) >= 11 is 0. The average Bonchev–Trinajstić information content (AvgIpc) is 3.24. The van der Waals surface area contributed by atoms with Crippen molar-refractivity contribution in [3.05, 3.63) is 64.7 Å². The first kappa shape index (κ1) is 17.1. The summed E-state index contributed by atoms with van der Waals surface area (Å²) in [5.41, 5.74) is 3.61. The van der Waals surface area contributed by atoms with Crippen molar-refractivity contribution in [2.75, 3.05) is 5.32 Å². The SMILES string of the molecule is Cc1cc(C)c2c(c1)[C@]1([NH2+][C@H](Cc3ccccc3)[C@H]3C(=O)NC(=O)[C@H]31)C(=O)N2. The van der Waals surface area contributed by atoms with Gasteiger partial charge in [0.15, 0.2) is 0 Å². The predicted molar refractivity (Wildman–Crippen MR) is 102 cm³/mol. The molecule has 1 spiro atoms. The number of amides is 3. The molecule has 2 saturated heterocycles. The van der Waals surface area contributed by atoms with Gasteiger partial charge in [-0.2, -0.15) is 0 Å². The van der Waals surface area contributed by atoms with Gasteiger partial charge in [-0.05, 0) is 31.0 Å². The summed E-state index contributed by atoms with van der Waals surface area (Å²) in [7, 11) is 0. The second-order valence-corrected chi connectivity index (χ2v) is 8.20. The van der Waals surface area contributed by atoms with Gasteiger partial charge in [-0.25, -0.2) is 0 Å². The predicted octanol–water partition coefficient (Wildman–Crippen LogP) is 0.528. The molecular formula is C22H22N3O3+. The van der Waals surface area contributed by atoms with E-state index in [2.05, 4.69) is 10.6 Å². The number of carbonyl (C=O) groups is 3. The van der Waals surface area contributed by atoms with Crippen molar-refractivity contribution in [2.45, 2.75) is 31.8 Å². The smallest absolute Gasteiger partial charge is 0.291 e. The van der Waals surface area contributed by atoms with Gasteiger partial charge in [-0.3, -0.25) is 19.7 Å². The van der Waals surface area contributed by atoms with Crippen LogP contribution in [0.5, 0.6) is 0 Å². The van der Waals surface area contributed by atoms with Crippen LogP contribution in [0.15, 0.2) is 42.5 Å². The normalized spacial score (nSPS) is 30.4. The average molecular weight is 376 g/mol. The largest absolute Gasteiger partial charge is 0.326 e. The van der Waals surface area contributed by atoms with Crippen LogP contribution >= 0.6 is 0 Å². The molecule has 3 aliphatic rings. The third-order valence-electron chi connectivity index (χ3n) is 6.47. The van der Waals surface area contributed by atoms with E-state index in [1.807, 2.05) is 61.6 Å². The molecule has 6 nitrogen and oxygen atoms in total. The molecule has 0 aliphatic carbocycles. The molecule has 142 valence electrons. The zero-order chi connectivity index (χ0) is 19.6. The quantitative estimate of drug-likeness (QED) is 0.668. The number of imide groups is 1. The summed E-state index contributed by atoms with van der Waals surface area (Å²) in [6, 6.07) is 13.7. The van der Waals surface area contributed by atoms with Crippen LogP contribution in [0.4, 0.5) is 5.69 Å². The molecule has 4 N–H and O–H groups in total. The van der Waals surface area contributed by atoms with Gasteiger partial charge in [-0.1, -0.05) is 42.0 Å². The third-order valence-corrected chi connectivity index (χ3v) is 6.47. The maximum atomic E-state index is 13.3. The number of hydrogen-bond donors (Lipinski definition) is 3. The van der Waals surface area contributed by atoms with Crippen LogP contribution in [0, 0.1) is 25.7 Å². The highest BCUT2D eigenvalue weighted by Gasteiger charge is 2.72. The maximum Gasteiger partial charge on any atom is 0.291 e. The summed E-state index contributed by atoms with van der Waals surface area (Å²) in [5.74, 6) is -2.04. The Morgan fingerprint density at radius 1 is 1.00 bits per heavy atom. The van der Waals surface area contributed by atoms with Crippen LogP contribution in [0.1, 0.15) is 22.3 Å². The van der Waals surface area contributed by atoms with Crippen molar-refractivity contribution < 1.29 is 19.7 Å². The fraction of sp³-hybridized carbons (Fsp3) is 0.318. The van der Waals surface area contributed by atoms with Gasteiger partial charge < -0.3 is 10.6 Å². The molecule has 2 fully saturated rings. The lowest BCUT2D eigenvalue weighted by molar-refractivity contribution is -0.733. The van der Waals surface area contributed by atoms with Crippen LogP contribution < -0.4 is 16.0 Å². The van der Waals surface area contributed by atoms with E-state index in [0.29, 0.717) is 6.42 Å². The van der Waals surface area contributed by atoms with E-state index in [1.165, 1.54) is 0 Å². The number of hydrogen-bond acceptors (Lipinski definition) is 3.